The van der Waals surface area contributed by atoms with Gasteiger partial charge in [0.05, 0.1) is 12.4 Å². The minimum Gasteiger partial charge on any atom is -0.462 e. The minimum atomic E-state index is -0.551. The number of hydrogen-bond acceptors (Lipinski definition) is 7. The number of nitrogens with one attached hydrogen (secondary N) is 1. The summed E-state index contributed by atoms with van der Waals surface area (Å²) in [6, 6.07) is 0.143. The van der Waals surface area contributed by atoms with Crippen LogP contribution in [0.25, 0.3) is 0 Å². The predicted octanol–water partition coefficient (Wildman–Crippen LogP) is 2.66. The molecule has 0 bridgehead atoms. The highest BCUT2D eigenvalue weighted by molar-refractivity contribution is 7.99. The van der Waals surface area contributed by atoms with Gasteiger partial charge in [-0.15, -0.1) is 0 Å². The van der Waals surface area contributed by atoms with Gasteiger partial charge < -0.3 is 15.8 Å². The smallest absolute Gasteiger partial charge is 0.343 e. The Hall–Kier alpha value is -1.83. The summed E-state index contributed by atoms with van der Waals surface area (Å²) in [6.45, 7) is 8.36. The van der Waals surface area contributed by atoms with E-state index in [2.05, 4.69) is 29.1 Å². The lowest BCUT2D eigenvalue weighted by molar-refractivity contribution is -0.119. The van der Waals surface area contributed by atoms with Crippen LogP contribution >= 0.6 is 11.8 Å². The van der Waals surface area contributed by atoms with Crippen LogP contribution in [0.5, 0.6) is 0 Å². The lowest BCUT2D eigenvalue weighted by atomic mass is 10.0. The molecule has 7 nitrogen and oxygen atoms in total. The van der Waals surface area contributed by atoms with Crippen molar-refractivity contribution >= 4 is 29.5 Å². The first-order chi connectivity index (χ1) is 11.8. The first-order valence-corrected chi connectivity index (χ1v) is 9.53. The Balaban J connectivity index is 2.43. The fraction of sp³-hybridized carbons (Fsp3) is 0.647. The van der Waals surface area contributed by atoms with E-state index in [9.17, 15) is 9.59 Å². The predicted molar refractivity (Wildman–Crippen MR) is 99.4 cm³/mol. The van der Waals surface area contributed by atoms with Crippen molar-refractivity contribution in [2.75, 3.05) is 18.1 Å². The van der Waals surface area contributed by atoms with Crippen LogP contribution in [0.1, 0.15) is 57.3 Å². The second-order valence-electron chi connectivity index (χ2n) is 6.25. The lowest BCUT2D eigenvalue weighted by Crippen LogP contribution is -2.33. The number of ether oxygens (including phenoxy) is 1. The summed E-state index contributed by atoms with van der Waals surface area (Å²) < 4.78 is 4.87. The molecule has 0 aliphatic carbocycles. The van der Waals surface area contributed by atoms with Gasteiger partial charge in [-0.1, -0.05) is 38.5 Å². The van der Waals surface area contributed by atoms with Gasteiger partial charge in [-0.05, 0) is 26.2 Å². The molecule has 1 aromatic rings. The number of anilines is 1. The van der Waals surface area contributed by atoms with E-state index in [4.69, 9.17) is 10.5 Å². The van der Waals surface area contributed by atoms with Crippen LogP contribution < -0.4 is 11.1 Å². The number of amides is 1. The van der Waals surface area contributed by atoms with Crippen molar-refractivity contribution in [2.45, 2.75) is 58.2 Å². The van der Waals surface area contributed by atoms with Crippen molar-refractivity contribution in [3.8, 4) is 0 Å². The van der Waals surface area contributed by atoms with E-state index in [0.29, 0.717) is 11.1 Å². The first-order valence-electron chi connectivity index (χ1n) is 8.55. The highest BCUT2D eigenvalue weighted by atomic mass is 32.2. The number of rotatable bonds is 10. The van der Waals surface area contributed by atoms with Gasteiger partial charge in [0.2, 0.25) is 5.91 Å². The number of thioether (sulfide) groups is 1. The van der Waals surface area contributed by atoms with Gasteiger partial charge >= 0.3 is 5.97 Å². The molecule has 0 saturated heterocycles. The number of hydrogen-bond donors (Lipinski definition) is 2. The standard InChI is InChI=1S/C17H28N4O3S/c1-5-24-16(23)13-9-19-17(21-15(13)18)25-10-14(22)20-12(4)8-6-7-11(2)3/h9,11-12H,5-8,10H2,1-4H3,(H,20,22)(H2,18,19,21). The number of nitrogens with zero attached hydrogens (tertiary/aromatic N) is 2. The molecule has 1 aromatic heterocycles. The number of nitrogens with two attached hydrogens (primary N) is 1. The summed E-state index contributed by atoms with van der Waals surface area (Å²) in [5, 5.41) is 3.32. The molecule has 1 heterocycles. The number of nitrogen functional groups attached to an aromatic ring is 1. The molecule has 0 aliphatic rings. The van der Waals surface area contributed by atoms with Gasteiger partial charge in [-0.25, -0.2) is 14.8 Å². The largest absolute Gasteiger partial charge is 0.462 e. The maximum Gasteiger partial charge on any atom is 0.343 e. The highest BCUT2D eigenvalue weighted by Gasteiger charge is 2.15. The Morgan fingerprint density at radius 1 is 1.32 bits per heavy atom. The third kappa shape index (κ3) is 8.20. The fourth-order valence-corrected chi connectivity index (χ4v) is 2.80. The average Bonchev–Trinajstić information content (AvgIpc) is 2.52. The molecule has 0 aliphatic heterocycles. The van der Waals surface area contributed by atoms with E-state index in [1.807, 2.05) is 6.92 Å². The molecular formula is C17H28N4O3S. The second-order valence-corrected chi connectivity index (χ2v) is 7.20. The molecular weight excluding hydrogens is 340 g/mol. The monoisotopic (exact) mass is 368 g/mol. The van der Waals surface area contributed by atoms with Crippen molar-refractivity contribution in [1.29, 1.82) is 0 Å². The van der Waals surface area contributed by atoms with Crippen LogP contribution in [0.2, 0.25) is 0 Å². The Kier molecular flexibility index (Phi) is 9.26. The van der Waals surface area contributed by atoms with Crippen LogP contribution in [0.15, 0.2) is 11.4 Å². The lowest BCUT2D eigenvalue weighted by Gasteiger charge is -2.14. The molecule has 3 N–H and O–H groups in total. The number of esters is 1. The van der Waals surface area contributed by atoms with Crippen LogP contribution in [0.3, 0.4) is 0 Å². The van der Waals surface area contributed by atoms with Crippen LogP contribution in [-0.4, -0.2) is 40.2 Å². The number of aromatic nitrogens is 2. The Bertz CT molecular complexity index is 581. The van der Waals surface area contributed by atoms with E-state index in [1.54, 1.807) is 6.92 Å². The molecule has 1 atom stereocenters. The minimum absolute atomic E-state index is 0.0541. The third-order valence-corrected chi connectivity index (χ3v) is 4.31. The number of carbonyl (C=O) groups excluding carboxylic acids is 2. The topological polar surface area (TPSA) is 107 Å². The third-order valence-electron chi connectivity index (χ3n) is 3.45. The molecule has 1 amide bonds. The molecule has 1 rings (SSSR count). The number of carbonyl (C=O) groups is 2. The van der Waals surface area contributed by atoms with Gasteiger partial charge in [-0.3, -0.25) is 4.79 Å². The highest BCUT2D eigenvalue weighted by Crippen LogP contribution is 2.17. The molecule has 0 aromatic carbocycles. The molecule has 0 fully saturated rings. The zero-order chi connectivity index (χ0) is 18.8. The fourth-order valence-electron chi connectivity index (χ4n) is 2.16. The van der Waals surface area contributed by atoms with Gasteiger partial charge in [0.25, 0.3) is 0 Å². The van der Waals surface area contributed by atoms with Gasteiger partial charge in [-0.2, -0.15) is 0 Å². The second kappa shape index (κ2) is 10.9. The Labute approximate surface area is 153 Å². The Morgan fingerprint density at radius 2 is 2.04 bits per heavy atom. The first kappa shape index (κ1) is 21.2. The van der Waals surface area contributed by atoms with E-state index in [-0.39, 0.29) is 35.7 Å². The van der Waals surface area contributed by atoms with Gasteiger partial charge in [0.1, 0.15) is 11.4 Å². The summed E-state index contributed by atoms with van der Waals surface area (Å²) >= 11 is 1.18. The quantitative estimate of drug-likeness (QED) is 0.371. The van der Waals surface area contributed by atoms with Crippen molar-refractivity contribution in [2.24, 2.45) is 5.92 Å². The summed E-state index contributed by atoms with van der Waals surface area (Å²) in [7, 11) is 0. The van der Waals surface area contributed by atoms with Crippen molar-refractivity contribution in [1.82, 2.24) is 15.3 Å². The summed E-state index contributed by atoms with van der Waals surface area (Å²) in [6.07, 6.45) is 4.55. The Morgan fingerprint density at radius 3 is 2.64 bits per heavy atom. The molecule has 0 spiro atoms. The van der Waals surface area contributed by atoms with E-state index in [1.165, 1.54) is 18.0 Å². The average molecular weight is 369 g/mol. The summed E-state index contributed by atoms with van der Waals surface area (Å²) in [5.41, 5.74) is 5.89. The summed E-state index contributed by atoms with van der Waals surface area (Å²) in [4.78, 5) is 31.7. The van der Waals surface area contributed by atoms with Crippen molar-refractivity contribution in [3.05, 3.63) is 11.8 Å². The summed E-state index contributed by atoms with van der Waals surface area (Å²) in [5.74, 6) is 0.312. The van der Waals surface area contributed by atoms with Crippen LogP contribution in [0, 0.1) is 5.92 Å². The van der Waals surface area contributed by atoms with Crippen molar-refractivity contribution < 1.29 is 14.3 Å². The zero-order valence-electron chi connectivity index (χ0n) is 15.4. The normalized spacial score (nSPS) is 12.0. The van der Waals surface area contributed by atoms with Gasteiger partial charge in [0.15, 0.2) is 5.16 Å². The molecule has 0 saturated carbocycles. The van der Waals surface area contributed by atoms with E-state index in [0.717, 1.165) is 19.3 Å². The maximum atomic E-state index is 12.0. The molecule has 8 heteroatoms. The van der Waals surface area contributed by atoms with E-state index < -0.39 is 5.97 Å². The molecule has 0 radical (unpaired) electrons. The molecule has 140 valence electrons. The zero-order valence-corrected chi connectivity index (χ0v) is 16.2. The SMILES string of the molecule is CCOC(=O)c1cnc(SCC(=O)NC(C)CCCC(C)C)nc1N. The van der Waals surface area contributed by atoms with E-state index >= 15 is 0 Å². The van der Waals surface area contributed by atoms with Crippen molar-refractivity contribution in [3.63, 3.8) is 0 Å². The molecule has 25 heavy (non-hydrogen) atoms. The van der Waals surface area contributed by atoms with Crippen LogP contribution in [-0.2, 0) is 9.53 Å². The molecule has 1 unspecified atom stereocenters. The van der Waals surface area contributed by atoms with Crippen LogP contribution in [0.4, 0.5) is 5.82 Å². The van der Waals surface area contributed by atoms with Gasteiger partial charge in [0, 0.05) is 12.2 Å². The maximum absolute atomic E-state index is 12.0.